The maximum atomic E-state index is 10.2. The number of carbonyl (C=O) groups is 2. The third-order valence-corrected chi connectivity index (χ3v) is 2.75. The van der Waals surface area contributed by atoms with Crippen molar-refractivity contribution in [2.75, 3.05) is 0 Å². The highest BCUT2D eigenvalue weighted by Gasteiger charge is 2.26. The van der Waals surface area contributed by atoms with Gasteiger partial charge in [-0.25, -0.2) is 4.98 Å². The van der Waals surface area contributed by atoms with Crippen LogP contribution in [0.4, 0.5) is 0 Å². The van der Waals surface area contributed by atoms with Gasteiger partial charge < -0.3 is 0 Å². The zero-order valence-corrected chi connectivity index (χ0v) is 9.95. The quantitative estimate of drug-likeness (QED) is 0.346. The van der Waals surface area contributed by atoms with Crippen LogP contribution in [-0.2, 0) is 9.59 Å². The number of thiol groups is 1. The molecule has 0 atom stereocenters. The largest absolute Gasteiger partial charge is 0.279 e. The van der Waals surface area contributed by atoms with E-state index < -0.39 is 11.8 Å². The summed E-state index contributed by atoms with van der Waals surface area (Å²) in [7, 11) is 1.35. The van der Waals surface area contributed by atoms with E-state index >= 15 is 0 Å². The Hall–Kier alpha value is -1.05. The lowest BCUT2D eigenvalue weighted by Crippen LogP contribution is -2.24. The maximum absolute atomic E-state index is 10.2. The lowest BCUT2D eigenvalue weighted by Gasteiger charge is -1.98. The summed E-state index contributed by atoms with van der Waals surface area (Å²) in [5.74, 6) is -1.01. The van der Waals surface area contributed by atoms with Crippen LogP contribution in [0.3, 0.4) is 0 Å². The molecular weight excluding hydrogens is 248 g/mol. The molecule has 2 heterocycles. The summed E-state index contributed by atoms with van der Waals surface area (Å²) in [6.45, 7) is 0. The Morgan fingerprint density at radius 1 is 1.31 bits per heavy atom. The summed E-state index contributed by atoms with van der Waals surface area (Å²) >= 11 is 3.96. The fraction of sp³-hybridized carbons (Fsp3) is 0.222. The first-order valence-corrected chi connectivity index (χ1v) is 6.29. The zero-order valence-electron chi connectivity index (χ0n) is 8.24. The molecule has 5 nitrogen and oxygen atoms in total. The Morgan fingerprint density at radius 3 is 2.19 bits per heavy atom. The number of nitrogens with zero attached hydrogens (tertiary/aromatic N) is 2. The highest BCUT2D eigenvalue weighted by atomic mass is 33.1. The number of hydrogen-bond donors (Lipinski definition) is 2. The normalized spacial score (nSPS) is 14.8. The minimum absolute atomic E-state index is 0.148. The predicted molar refractivity (Wildman–Crippen MR) is 62.0 cm³/mol. The number of hydrogen-bond acceptors (Lipinski definition) is 6. The Kier molecular flexibility index (Phi) is 5.30. The van der Waals surface area contributed by atoms with Crippen LogP contribution in [0.1, 0.15) is 12.8 Å². The smallest absolute Gasteiger partial charge is 0.253 e. The molecule has 0 saturated carbocycles. The van der Waals surface area contributed by atoms with Crippen molar-refractivity contribution >= 4 is 34.3 Å². The third-order valence-electron chi connectivity index (χ3n) is 1.76. The van der Waals surface area contributed by atoms with Crippen molar-refractivity contribution in [3.05, 3.63) is 24.4 Å². The van der Waals surface area contributed by atoms with Crippen LogP contribution in [-0.4, -0.2) is 27.1 Å². The molecule has 0 bridgehead atoms. The van der Waals surface area contributed by atoms with Crippen molar-refractivity contribution in [3.8, 4) is 0 Å². The summed E-state index contributed by atoms with van der Waals surface area (Å²) in [6, 6.07) is 5.73. The number of pyridine rings is 1. The van der Waals surface area contributed by atoms with Crippen molar-refractivity contribution in [1.29, 1.82) is 0 Å². The van der Waals surface area contributed by atoms with E-state index in [1.807, 2.05) is 18.2 Å². The van der Waals surface area contributed by atoms with E-state index in [0.29, 0.717) is 0 Å². The summed E-state index contributed by atoms with van der Waals surface area (Å²) < 4.78 is 0. The molecule has 1 saturated heterocycles. The highest BCUT2D eigenvalue weighted by molar-refractivity contribution is 8.68. The Bertz CT molecular complexity index is 356. The molecule has 0 aliphatic carbocycles. The van der Waals surface area contributed by atoms with Gasteiger partial charge >= 0.3 is 0 Å². The first-order chi connectivity index (χ1) is 7.65. The van der Waals surface area contributed by atoms with E-state index in [0.717, 1.165) is 5.03 Å². The molecule has 0 aromatic carbocycles. The van der Waals surface area contributed by atoms with E-state index in [2.05, 4.69) is 16.6 Å². The molecule has 1 N–H and O–H groups in total. The van der Waals surface area contributed by atoms with Crippen LogP contribution < -0.4 is 0 Å². The van der Waals surface area contributed by atoms with Gasteiger partial charge in [0.05, 0.1) is 0 Å². The monoisotopic (exact) mass is 258 g/mol. The van der Waals surface area contributed by atoms with Gasteiger partial charge in [0.25, 0.3) is 11.8 Å². The van der Waals surface area contributed by atoms with Crippen molar-refractivity contribution in [2.45, 2.75) is 17.9 Å². The third kappa shape index (κ3) is 3.84. The molecule has 0 radical (unpaired) electrons. The fourth-order valence-electron chi connectivity index (χ4n) is 0.966. The molecular formula is C9H10N2O3S2. The van der Waals surface area contributed by atoms with Crippen LogP contribution in [0.15, 0.2) is 29.4 Å². The molecule has 0 unspecified atom stereocenters. The molecule has 1 aliphatic rings. The molecule has 0 spiro atoms. The van der Waals surface area contributed by atoms with E-state index in [-0.39, 0.29) is 17.9 Å². The van der Waals surface area contributed by atoms with E-state index in [1.165, 1.54) is 10.8 Å². The molecule has 2 rings (SSSR count). The molecule has 2 amide bonds. The van der Waals surface area contributed by atoms with E-state index in [9.17, 15) is 9.59 Å². The zero-order chi connectivity index (χ0) is 12.0. The van der Waals surface area contributed by atoms with Gasteiger partial charge in [-0.3, -0.25) is 14.8 Å². The molecule has 1 aliphatic heterocycles. The summed E-state index contributed by atoms with van der Waals surface area (Å²) in [5, 5.41) is 9.51. The number of carbonyl (C=O) groups excluding carboxylic acids is 2. The lowest BCUT2D eigenvalue weighted by atomic mass is 10.4. The summed E-state index contributed by atoms with van der Waals surface area (Å²) in [4.78, 5) is 24.5. The highest BCUT2D eigenvalue weighted by Crippen LogP contribution is 2.16. The average molecular weight is 258 g/mol. The SMILES string of the molecule is O=C1CCC(=O)N1O.SSc1ccccn1. The predicted octanol–water partition coefficient (Wildman–Crippen LogP) is 1.54. The van der Waals surface area contributed by atoms with Crippen LogP contribution >= 0.6 is 22.5 Å². The Labute approximate surface area is 102 Å². The molecule has 86 valence electrons. The number of rotatable bonds is 1. The Morgan fingerprint density at radius 2 is 1.94 bits per heavy atom. The van der Waals surface area contributed by atoms with Gasteiger partial charge in [-0.05, 0) is 22.9 Å². The first kappa shape index (κ1) is 13.0. The summed E-state index contributed by atoms with van der Waals surface area (Å²) in [5.41, 5.74) is 0. The number of amides is 2. The number of aromatic nitrogens is 1. The standard InChI is InChI=1S/C5H5NS2.C4H5NO3/c7-8-5-3-1-2-4-6-5;6-3-1-2-4(7)5(3)8/h1-4,7H;8H,1-2H2. The molecule has 7 heteroatoms. The minimum Gasteiger partial charge on any atom is -0.279 e. The minimum atomic E-state index is -0.505. The topological polar surface area (TPSA) is 70.5 Å². The van der Waals surface area contributed by atoms with E-state index in [1.54, 1.807) is 6.20 Å². The van der Waals surface area contributed by atoms with Crippen molar-refractivity contribution in [1.82, 2.24) is 10.0 Å². The second kappa shape index (κ2) is 6.51. The van der Waals surface area contributed by atoms with Crippen molar-refractivity contribution in [3.63, 3.8) is 0 Å². The average Bonchev–Trinajstić information content (AvgIpc) is 2.62. The van der Waals surface area contributed by atoms with Crippen molar-refractivity contribution in [2.24, 2.45) is 0 Å². The first-order valence-electron chi connectivity index (χ1n) is 4.42. The number of hydroxylamine groups is 2. The van der Waals surface area contributed by atoms with Gasteiger partial charge in [0.2, 0.25) is 0 Å². The van der Waals surface area contributed by atoms with Crippen LogP contribution in [0.25, 0.3) is 0 Å². The number of imide groups is 1. The summed E-state index contributed by atoms with van der Waals surface area (Å²) in [6.07, 6.45) is 2.04. The fourth-order valence-corrected chi connectivity index (χ4v) is 1.54. The van der Waals surface area contributed by atoms with Crippen LogP contribution in [0.5, 0.6) is 0 Å². The molecule has 1 aromatic rings. The van der Waals surface area contributed by atoms with Crippen LogP contribution in [0, 0.1) is 0 Å². The van der Waals surface area contributed by atoms with E-state index in [4.69, 9.17) is 5.21 Å². The molecule has 1 aromatic heterocycles. The van der Waals surface area contributed by atoms with Gasteiger partial charge in [-0.2, -0.15) is 5.06 Å². The molecule has 16 heavy (non-hydrogen) atoms. The van der Waals surface area contributed by atoms with Gasteiger partial charge in [0, 0.05) is 19.0 Å². The van der Waals surface area contributed by atoms with Gasteiger partial charge in [-0.1, -0.05) is 6.07 Å². The lowest BCUT2D eigenvalue weighted by molar-refractivity contribution is -0.171. The van der Waals surface area contributed by atoms with Crippen LogP contribution in [0.2, 0.25) is 0 Å². The molecule has 1 fully saturated rings. The van der Waals surface area contributed by atoms with Gasteiger partial charge in [0.15, 0.2) is 0 Å². The second-order valence-corrected chi connectivity index (χ2v) is 4.01. The van der Waals surface area contributed by atoms with Crippen molar-refractivity contribution < 1.29 is 14.8 Å². The van der Waals surface area contributed by atoms with Gasteiger partial charge in [0.1, 0.15) is 5.03 Å². The Balaban J connectivity index is 0.000000160. The van der Waals surface area contributed by atoms with Gasteiger partial charge in [-0.15, -0.1) is 11.7 Å². The maximum Gasteiger partial charge on any atom is 0.253 e. The second-order valence-electron chi connectivity index (χ2n) is 2.86.